The van der Waals surface area contributed by atoms with Crippen molar-refractivity contribution in [3.05, 3.63) is 61.9 Å². The Labute approximate surface area is 169 Å². The van der Waals surface area contributed by atoms with Crippen LogP contribution < -0.4 is 5.32 Å². The van der Waals surface area contributed by atoms with Gasteiger partial charge in [0.15, 0.2) is 0 Å². The maximum absolute atomic E-state index is 12.3. The number of benzene rings is 2. The van der Waals surface area contributed by atoms with Crippen LogP contribution in [0.15, 0.2) is 40.8 Å². The molecule has 1 heterocycles. The van der Waals surface area contributed by atoms with Crippen molar-refractivity contribution in [2.75, 3.05) is 5.32 Å². The predicted molar refractivity (Wildman–Crippen MR) is 106 cm³/mol. The number of hydrogen-bond donors (Lipinski definition) is 1. The average Bonchev–Trinajstić information content (AvgIpc) is 2.92. The second kappa shape index (κ2) is 7.80. The maximum atomic E-state index is 12.3. The average molecular weight is 429 g/mol. The number of carbonyl (C=O) groups is 1. The molecule has 1 aromatic heterocycles. The van der Waals surface area contributed by atoms with Crippen molar-refractivity contribution >= 4 is 58.6 Å². The zero-order valence-electron chi connectivity index (χ0n) is 13.4. The SMILES string of the molecule is Cc1ccc(-c2nn(CC(=O)Nc3c(Cl)cc(Cl)cc3Cl)c(=S)o2)cc1. The highest BCUT2D eigenvalue weighted by atomic mass is 35.5. The minimum absolute atomic E-state index is 0.0871. The summed E-state index contributed by atoms with van der Waals surface area (Å²) in [4.78, 5) is 12.4. The molecular formula is C17H12Cl3N3O2S. The molecule has 3 aromatic rings. The number of nitrogens with one attached hydrogen (secondary N) is 1. The largest absolute Gasteiger partial charge is 0.409 e. The Bertz CT molecular complexity index is 1010. The third-order valence-corrected chi connectivity index (χ3v) is 4.58. The van der Waals surface area contributed by atoms with Crippen molar-refractivity contribution in [2.45, 2.75) is 13.5 Å². The summed E-state index contributed by atoms with van der Waals surface area (Å²) < 4.78 is 6.76. The summed E-state index contributed by atoms with van der Waals surface area (Å²) in [7, 11) is 0. The fourth-order valence-electron chi connectivity index (χ4n) is 2.20. The third-order valence-electron chi connectivity index (χ3n) is 3.47. The number of aryl methyl sites for hydroxylation is 1. The minimum atomic E-state index is -0.407. The van der Waals surface area contributed by atoms with Crippen LogP contribution in [0.5, 0.6) is 0 Å². The van der Waals surface area contributed by atoms with Gasteiger partial charge in [0.25, 0.3) is 4.84 Å². The summed E-state index contributed by atoms with van der Waals surface area (Å²) in [6, 6.07) is 10.6. The molecule has 0 atom stereocenters. The summed E-state index contributed by atoms with van der Waals surface area (Å²) in [5.74, 6) is -0.0682. The lowest BCUT2D eigenvalue weighted by Gasteiger charge is -2.09. The van der Waals surface area contributed by atoms with E-state index in [0.29, 0.717) is 10.9 Å². The van der Waals surface area contributed by atoms with E-state index < -0.39 is 5.91 Å². The van der Waals surface area contributed by atoms with Gasteiger partial charge in [0.05, 0.1) is 15.7 Å². The van der Waals surface area contributed by atoms with E-state index in [4.69, 9.17) is 51.4 Å². The molecule has 1 amide bonds. The lowest BCUT2D eigenvalue weighted by atomic mass is 10.1. The van der Waals surface area contributed by atoms with E-state index in [1.165, 1.54) is 16.8 Å². The van der Waals surface area contributed by atoms with Crippen LogP contribution in [0.25, 0.3) is 11.5 Å². The first-order valence-corrected chi connectivity index (χ1v) is 8.97. The predicted octanol–water partition coefficient (Wildman–Crippen LogP) is 5.78. The normalized spacial score (nSPS) is 10.8. The van der Waals surface area contributed by atoms with Gasteiger partial charge in [-0.2, -0.15) is 0 Å². The molecule has 9 heteroatoms. The maximum Gasteiger partial charge on any atom is 0.287 e. The summed E-state index contributed by atoms with van der Waals surface area (Å²) in [5, 5.41) is 7.72. The van der Waals surface area contributed by atoms with Gasteiger partial charge in [-0.3, -0.25) is 4.79 Å². The van der Waals surface area contributed by atoms with Gasteiger partial charge in [0.2, 0.25) is 11.8 Å². The highest BCUT2D eigenvalue weighted by Crippen LogP contribution is 2.33. The van der Waals surface area contributed by atoms with Crippen LogP contribution in [0.1, 0.15) is 5.56 Å². The second-order valence-electron chi connectivity index (χ2n) is 5.49. The van der Waals surface area contributed by atoms with Crippen LogP contribution in [-0.2, 0) is 11.3 Å². The number of anilines is 1. The summed E-state index contributed by atoms with van der Waals surface area (Å²) in [6.45, 7) is 1.83. The number of nitrogens with zero attached hydrogens (tertiary/aromatic N) is 2. The van der Waals surface area contributed by atoms with Gasteiger partial charge < -0.3 is 9.73 Å². The summed E-state index contributed by atoms with van der Waals surface area (Å²) in [6.07, 6.45) is 0. The fourth-order valence-corrected chi connectivity index (χ4v) is 3.29. The van der Waals surface area contributed by atoms with E-state index in [-0.39, 0.29) is 27.1 Å². The van der Waals surface area contributed by atoms with Crippen LogP contribution in [0, 0.1) is 11.8 Å². The zero-order valence-corrected chi connectivity index (χ0v) is 16.5. The van der Waals surface area contributed by atoms with Gasteiger partial charge in [-0.15, -0.1) is 5.10 Å². The Balaban J connectivity index is 1.78. The number of hydrogen-bond acceptors (Lipinski definition) is 4. The first kappa shape index (κ1) is 18.9. The lowest BCUT2D eigenvalue weighted by Crippen LogP contribution is -2.20. The molecule has 0 aliphatic heterocycles. The van der Waals surface area contributed by atoms with Crippen LogP contribution in [0.4, 0.5) is 5.69 Å². The topological polar surface area (TPSA) is 60.1 Å². The van der Waals surface area contributed by atoms with Gasteiger partial charge in [0.1, 0.15) is 6.54 Å². The van der Waals surface area contributed by atoms with Crippen LogP contribution in [-0.4, -0.2) is 15.7 Å². The molecule has 5 nitrogen and oxygen atoms in total. The van der Waals surface area contributed by atoms with Crippen LogP contribution in [0.3, 0.4) is 0 Å². The zero-order chi connectivity index (χ0) is 18.8. The van der Waals surface area contributed by atoms with Crippen molar-refractivity contribution in [1.82, 2.24) is 9.78 Å². The van der Waals surface area contributed by atoms with Crippen molar-refractivity contribution in [3.8, 4) is 11.5 Å². The highest BCUT2D eigenvalue weighted by Gasteiger charge is 2.14. The molecule has 0 spiro atoms. The molecule has 134 valence electrons. The van der Waals surface area contributed by atoms with Gasteiger partial charge in [-0.25, -0.2) is 4.68 Å². The van der Waals surface area contributed by atoms with Crippen molar-refractivity contribution in [2.24, 2.45) is 0 Å². The first-order valence-electron chi connectivity index (χ1n) is 7.43. The number of aromatic nitrogens is 2. The molecule has 0 radical (unpaired) electrons. The Morgan fingerprint density at radius 3 is 2.42 bits per heavy atom. The monoisotopic (exact) mass is 427 g/mol. The summed E-state index contributed by atoms with van der Waals surface area (Å²) >= 11 is 23.1. The van der Waals surface area contributed by atoms with Crippen molar-refractivity contribution in [1.29, 1.82) is 0 Å². The summed E-state index contributed by atoms with van der Waals surface area (Å²) in [5.41, 5.74) is 2.16. The standard InChI is InChI=1S/C17H12Cl3N3O2S/c1-9-2-4-10(5-3-9)16-22-23(17(26)25-16)8-14(24)21-15-12(19)6-11(18)7-13(15)20/h2-7H,8H2,1H3,(H,21,24). The van der Waals surface area contributed by atoms with Gasteiger partial charge in [-0.05, 0) is 43.4 Å². The molecule has 0 aliphatic rings. The Kier molecular flexibility index (Phi) is 5.67. The molecule has 3 rings (SSSR count). The highest BCUT2D eigenvalue weighted by molar-refractivity contribution is 7.71. The molecule has 26 heavy (non-hydrogen) atoms. The smallest absolute Gasteiger partial charge is 0.287 e. The third kappa shape index (κ3) is 4.27. The molecule has 0 unspecified atom stereocenters. The molecular weight excluding hydrogens is 417 g/mol. The minimum Gasteiger partial charge on any atom is -0.409 e. The number of rotatable bonds is 4. The Morgan fingerprint density at radius 1 is 1.19 bits per heavy atom. The number of halogens is 3. The van der Waals surface area contributed by atoms with E-state index in [2.05, 4.69) is 10.4 Å². The van der Waals surface area contributed by atoms with E-state index >= 15 is 0 Å². The number of amides is 1. The van der Waals surface area contributed by atoms with Gasteiger partial charge in [0, 0.05) is 10.6 Å². The first-order chi connectivity index (χ1) is 12.3. The van der Waals surface area contributed by atoms with E-state index in [0.717, 1.165) is 11.1 Å². The molecule has 0 fully saturated rings. The molecule has 0 aliphatic carbocycles. The van der Waals surface area contributed by atoms with Gasteiger partial charge >= 0.3 is 0 Å². The van der Waals surface area contributed by atoms with E-state index in [9.17, 15) is 4.79 Å². The molecule has 0 bridgehead atoms. The molecule has 2 aromatic carbocycles. The molecule has 0 saturated heterocycles. The quantitative estimate of drug-likeness (QED) is 0.535. The fraction of sp³-hybridized carbons (Fsp3) is 0.118. The number of carbonyl (C=O) groups excluding carboxylic acids is 1. The van der Waals surface area contributed by atoms with Crippen LogP contribution in [0.2, 0.25) is 15.1 Å². The van der Waals surface area contributed by atoms with Gasteiger partial charge in [-0.1, -0.05) is 52.5 Å². The molecule has 0 saturated carbocycles. The Morgan fingerprint density at radius 2 is 1.81 bits per heavy atom. The van der Waals surface area contributed by atoms with Crippen molar-refractivity contribution < 1.29 is 9.21 Å². The van der Waals surface area contributed by atoms with Crippen molar-refractivity contribution in [3.63, 3.8) is 0 Å². The lowest BCUT2D eigenvalue weighted by molar-refractivity contribution is -0.117. The van der Waals surface area contributed by atoms with E-state index in [1.54, 1.807) is 0 Å². The van der Waals surface area contributed by atoms with E-state index in [1.807, 2.05) is 31.2 Å². The second-order valence-corrected chi connectivity index (χ2v) is 7.09. The Hall–Kier alpha value is -1.86. The van der Waals surface area contributed by atoms with Crippen LogP contribution >= 0.6 is 47.0 Å². The molecule has 1 N–H and O–H groups in total.